The summed E-state index contributed by atoms with van der Waals surface area (Å²) in [5, 5.41) is 9.18. The number of hydrogen-bond donors (Lipinski definition) is 1. The molecule has 0 heterocycles. The lowest BCUT2D eigenvalue weighted by molar-refractivity contribution is 0.475. The minimum Gasteiger partial charge on any atom is -0.508 e. The third-order valence-electron chi connectivity index (χ3n) is 3.10. The number of phenols is 1. The van der Waals surface area contributed by atoms with Gasteiger partial charge in [0.2, 0.25) is 0 Å². The van der Waals surface area contributed by atoms with Crippen LogP contribution < -0.4 is 0 Å². The molecule has 0 saturated carbocycles. The van der Waals surface area contributed by atoms with Gasteiger partial charge < -0.3 is 5.11 Å². The van der Waals surface area contributed by atoms with E-state index >= 15 is 0 Å². The van der Waals surface area contributed by atoms with Gasteiger partial charge in [-0.2, -0.15) is 0 Å². The molecule has 0 saturated heterocycles. The first-order valence-electron chi connectivity index (χ1n) is 7.24. The Balaban J connectivity index is 1.91. The molecule has 0 aliphatic carbocycles. The van der Waals surface area contributed by atoms with Gasteiger partial charge in [-0.15, -0.1) is 11.8 Å². The molecule has 1 aromatic rings. The molecule has 1 nitrogen and oxygen atoms in total. The van der Waals surface area contributed by atoms with Gasteiger partial charge in [0.25, 0.3) is 0 Å². The highest BCUT2D eigenvalue weighted by Gasteiger charge is 1.95. The first-order valence-corrected chi connectivity index (χ1v) is 8.23. The summed E-state index contributed by atoms with van der Waals surface area (Å²) in [4.78, 5) is 1.26. The second kappa shape index (κ2) is 10.3. The maximum absolute atomic E-state index is 9.18. The zero-order valence-electron chi connectivity index (χ0n) is 11.5. The standard InChI is InChI=1S/C16H26OS/c1-2-3-4-5-6-7-8-9-14-18-16-12-10-15(17)11-13-16/h10-13,17H,2-9,14H2,1H3. The maximum Gasteiger partial charge on any atom is 0.115 e. The summed E-state index contributed by atoms with van der Waals surface area (Å²) in [6, 6.07) is 7.50. The second-order valence-corrected chi connectivity index (χ2v) is 5.99. The minimum absolute atomic E-state index is 0.353. The maximum atomic E-state index is 9.18. The van der Waals surface area contributed by atoms with E-state index in [4.69, 9.17) is 0 Å². The average Bonchev–Trinajstić information content (AvgIpc) is 2.39. The molecule has 102 valence electrons. The summed E-state index contributed by atoms with van der Waals surface area (Å²) in [6.07, 6.45) is 11.0. The molecule has 1 N–H and O–H groups in total. The summed E-state index contributed by atoms with van der Waals surface area (Å²) in [7, 11) is 0. The molecule has 0 aliphatic heterocycles. The predicted molar refractivity (Wildman–Crippen MR) is 81.4 cm³/mol. The highest BCUT2D eigenvalue weighted by Crippen LogP contribution is 2.22. The third-order valence-corrected chi connectivity index (χ3v) is 4.20. The van der Waals surface area contributed by atoms with Crippen LogP contribution in [-0.4, -0.2) is 10.9 Å². The summed E-state index contributed by atoms with van der Waals surface area (Å²) in [5.74, 6) is 1.55. The van der Waals surface area contributed by atoms with Crippen LogP contribution in [0.1, 0.15) is 58.3 Å². The third kappa shape index (κ3) is 7.65. The Morgan fingerprint density at radius 3 is 2.00 bits per heavy atom. The van der Waals surface area contributed by atoms with Crippen molar-refractivity contribution < 1.29 is 5.11 Å². The van der Waals surface area contributed by atoms with Crippen LogP contribution in [0.15, 0.2) is 29.2 Å². The summed E-state index contributed by atoms with van der Waals surface area (Å²) in [5.41, 5.74) is 0. The number of thioether (sulfide) groups is 1. The Labute approximate surface area is 116 Å². The van der Waals surface area contributed by atoms with Crippen LogP contribution in [0.2, 0.25) is 0 Å². The lowest BCUT2D eigenvalue weighted by atomic mass is 10.1. The van der Waals surface area contributed by atoms with E-state index in [0.29, 0.717) is 5.75 Å². The number of aromatic hydroxyl groups is 1. The number of hydrogen-bond acceptors (Lipinski definition) is 2. The summed E-state index contributed by atoms with van der Waals surface area (Å²) < 4.78 is 0. The van der Waals surface area contributed by atoms with Gasteiger partial charge >= 0.3 is 0 Å². The molecule has 0 radical (unpaired) electrons. The van der Waals surface area contributed by atoms with Crippen molar-refractivity contribution in [2.75, 3.05) is 5.75 Å². The number of rotatable bonds is 10. The van der Waals surface area contributed by atoms with Crippen molar-refractivity contribution in [3.8, 4) is 5.75 Å². The molecule has 0 unspecified atom stereocenters. The van der Waals surface area contributed by atoms with Gasteiger partial charge in [0.05, 0.1) is 0 Å². The van der Waals surface area contributed by atoms with Crippen LogP contribution in [0.25, 0.3) is 0 Å². The number of benzene rings is 1. The molecule has 18 heavy (non-hydrogen) atoms. The van der Waals surface area contributed by atoms with Crippen molar-refractivity contribution in [3.63, 3.8) is 0 Å². The zero-order valence-corrected chi connectivity index (χ0v) is 12.3. The largest absolute Gasteiger partial charge is 0.508 e. The Bertz CT molecular complexity index is 294. The monoisotopic (exact) mass is 266 g/mol. The first kappa shape index (κ1) is 15.4. The summed E-state index contributed by atoms with van der Waals surface area (Å²) >= 11 is 1.89. The zero-order chi connectivity index (χ0) is 13.1. The van der Waals surface area contributed by atoms with E-state index in [9.17, 15) is 5.11 Å². The predicted octanol–water partition coefficient (Wildman–Crippen LogP) is 5.63. The highest BCUT2D eigenvalue weighted by molar-refractivity contribution is 7.99. The smallest absolute Gasteiger partial charge is 0.115 e. The minimum atomic E-state index is 0.353. The van der Waals surface area contributed by atoms with E-state index in [0.717, 1.165) is 0 Å². The highest BCUT2D eigenvalue weighted by atomic mass is 32.2. The fourth-order valence-electron chi connectivity index (χ4n) is 1.97. The van der Waals surface area contributed by atoms with Gasteiger partial charge in [0.1, 0.15) is 5.75 Å². The molecular weight excluding hydrogens is 240 g/mol. The molecule has 0 aliphatic rings. The van der Waals surface area contributed by atoms with Gasteiger partial charge in [-0.25, -0.2) is 0 Å². The fourth-order valence-corrected chi connectivity index (χ4v) is 2.88. The molecule has 1 rings (SSSR count). The molecular formula is C16H26OS. The molecule has 0 aromatic heterocycles. The van der Waals surface area contributed by atoms with E-state index < -0.39 is 0 Å². The van der Waals surface area contributed by atoms with E-state index in [1.807, 2.05) is 23.9 Å². The van der Waals surface area contributed by atoms with E-state index in [-0.39, 0.29) is 0 Å². The lowest BCUT2D eigenvalue weighted by Crippen LogP contribution is -1.83. The molecule has 0 fully saturated rings. The van der Waals surface area contributed by atoms with E-state index in [2.05, 4.69) is 6.92 Å². The van der Waals surface area contributed by atoms with E-state index in [1.165, 1.54) is 62.0 Å². The normalized spacial score (nSPS) is 10.7. The van der Waals surface area contributed by atoms with Gasteiger partial charge in [0.15, 0.2) is 0 Å². The van der Waals surface area contributed by atoms with Gasteiger partial charge in [-0.1, -0.05) is 51.9 Å². The molecule has 2 heteroatoms. The SMILES string of the molecule is CCCCCCCCCCSc1ccc(O)cc1. The van der Waals surface area contributed by atoms with Crippen molar-refractivity contribution >= 4 is 11.8 Å². The number of unbranched alkanes of at least 4 members (excludes halogenated alkanes) is 7. The molecule has 0 bridgehead atoms. The quantitative estimate of drug-likeness (QED) is 0.438. The summed E-state index contributed by atoms with van der Waals surface area (Å²) in [6.45, 7) is 2.26. The average molecular weight is 266 g/mol. The lowest BCUT2D eigenvalue weighted by Gasteiger charge is -2.03. The Hall–Kier alpha value is -0.630. The van der Waals surface area contributed by atoms with Crippen LogP contribution in [0.4, 0.5) is 0 Å². The number of phenolic OH excluding ortho intramolecular Hbond substituents is 1. The molecule has 0 amide bonds. The van der Waals surface area contributed by atoms with Crippen LogP contribution in [0.3, 0.4) is 0 Å². The van der Waals surface area contributed by atoms with E-state index in [1.54, 1.807) is 12.1 Å². The van der Waals surface area contributed by atoms with Crippen molar-refractivity contribution in [2.24, 2.45) is 0 Å². The second-order valence-electron chi connectivity index (χ2n) is 4.82. The van der Waals surface area contributed by atoms with Crippen molar-refractivity contribution in [1.29, 1.82) is 0 Å². The molecule has 1 aromatic carbocycles. The van der Waals surface area contributed by atoms with Gasteiger partial charge in [0, 0.05) is 4.90 Å². The van der Waals surface area contributed by atoms with Crippen LogP contribution in [0.5, 0.6) is 5.75 Å². The van der Waals surface area contributed by atoms with Crippen molar-refractivity contribution in [3.05, 3.63) is 24.3 Å². The topological polar surface area (TPSA) is 20.2 Å². The fraction of sp³-hybridized carbons (Fsp3) is 0.625. The molecule has 0 spiro atoms. The molecule has 0 atom stereocenters. The van der Waals surface area contributed by atoms with Gasteiger partial charge in [-0.05, 0) is 36.4 Å². The Morgan fingerprint density at radius 1 is 0.833 bits per heavy atom. The Kier molecular flexibility index (Phi) is 8.83. The van der Waals surface area contributed by atoms with Crippen LogP contribution >= 0.6 is 11.8 Å². The Morgan fingerprint density at radius 2 is 1.39 bits per heavy atom. The van der Waals surface area contributed by atoms with Crippen molar-refractivity contribution in [1.82, 2.24) is 0 Å². The van der Waals surface area contributed by atoms with Gasteiger partial charge in [-0.3, -0.25) is 0 Å². The van der Waals surface area contributed by atoms with Crippen LogP contribution in [0, 0.1) is 0 Å². The van der Waals surface area contributed by atoms with Crippen LogP contribution in [-0.2, 0) is 0 Å². The van der Waals surface area contributed by atoms with Crippen molar-refractivity contribution in [2.45, 2.75) is 63.2 Å². The first-order chi connectivity index (χ1) is 8.83.